The molecule has 1 aromatic carbocycles. The smallest absolute Gasteiger partial charge is 0.257 e. The Bertz CT molecular complexity index is 1400. The van der Waals surface area contributed by atoms with Gasteiger partial charge in [-0.2, -0.15) is 0 Å². The number of carbonyl (C=O) groups excluding carboxylic acids is 1. The number of benzene rings is 1. The molecular formula is C26H23N5O2. The quantitative estimate of drug-likeness (QED) is 0.395. The maximum Gasteiger partial charge on any atom is 0.257 e. The number of hydrogen-bond acceptors (Lipinski definition) is 4. The Morgan fingerprint density at radius 1 is 1.00 bits per heavy atom. The number of aromatic nitrogens is 4. The van der Waals surface area contributed by atoms with Gasteiger partial charge in [-0.15, -0.1) is 0 Å². The summed E-state index contributed by atoms with van der Waals surface area (Å²) in [5, 5.41) is 2.98. The highest BCUT2D eigenvalue weighted by molar-refractivity contribution is 6.10. The van der Waals surface area contributed by atoms with Crippen molar-refractivity contribution in [2.75, 3.05) is 5.32 Å². The van der Waals surface area contributed by atoms with E-state index < -0.39 is 0 Å². The Labute approximate surface area is 191 Å². The molecule has 4 heterocycles. The van der Waals surface area contributed by atoms with Gasteiger partial charge in [0.25, 0.3) is 5.91 Å². The first kappa shape index (κ1) is 20.5. The van der Waals surface area contributed by atoms with Crippen molar-refractivity contribution in [3.05, 3.63) is 97.2 Å². The van der Waals surface area contributed by atoms with Crippen LogP contribution in [0.1, 0.15) is 24.2 Å². The molecule has 0 atom stereocenters. The molecule has 0 bridgehead atoms. The van der Waals surface area contributed by atoms with E-state index in [2.05, 4.69) is 15.3 Å². The van der Waals surface area contributed by atoms with Crippen LogP contribution < -0.4 is 10.1 Å². The van der Waals surface area contributed by atoms with Crippen LogP contribution >= 0.6 is 0 Å². The fourth-order valence-electron chi connectivity index (χ4n) is 3.71. The number of carbonyl (C=O) groups is 1. The van der Waals surface area contributed by atoms with E-state index in [1.165, 1.54) is 0 Å². The van der Waals surface area contributed by atoms with Gasteiger partial charge < -0.3 is 14.5 Å². The first-order valence-electron chi connectivity index (χ1n) is 10.7. The number of nitrogens with one attached hydrogen (secondary N) is 1. The van der Waals surface area contributed by atoms with Crippen molar-refractivity contribution >= 4 is 17.1 Å². The van der Waals surface area contributed by atoms with E-state index in [-0.39, 0.29) is 12.0 Å². The number of imidazole rings is 1. The van der Waals surface area contributed by atoms with E-state index in [0.717, 1.165) is 28.5 Å². The lowest BCUT2D eigenvalue weighted by Gasteiger charge is -2.10. The van der Waals surface area contributed by atoms with E-state index in [4.69, 9.17) is 4.74 Å². The molecule has 0 aliphatic heterocycles. The van der Waals surface area contributed by atoms with E-state index >= 15 is 0 Å². The third-order valence-corrected chi connectivity index (χ3v) is 5.16. The third-order valence-electron chi connectivity index (χ3n) is 5.16. The molecule has 33 heavy (non-hydrogen) atoms. The number of pyridine rings is 2. The van der Waals surface area contributed by atoms with Crippen molar-refractivity contribution in [2.45, 2.75) is 20.0 Å². The minimum atomic E-state index is -0.188. The second-order valence-corrected chi connectivity index (χ2v) is 7.90. The average Bonchev–Trinajstić information content (AvgIpc) is 3.46. The van der Waals surface area contributed by atoms with Crippen LogP contribution in [0.4, 0.5) is 5.69 Å². The van der Waals surface area contributed by atoms with Gasteiger partial charge in [-0.1, -0.05) is 12.1 Å². The van der Waals surface area contributed by atoms with Crippen LogP contribution in [0, 0.1) is 0 Å². The molecule has 7 heteroatoms. The van der Waals surface area contributed by atoms with Gasteiger partial charge in [-0.3, -0.25) is 9.36 Å². The minimum Gasteiger partial charge on any atom is -0.491 e. The molecule has 0 aliphatic rings. The molecule has 0 fully saturated rings. The normalized spacial score (nSPS) is 11.1. The molecule has 0 saturated heterocycles. The van der Waals surface area contributed by atoms with Crippen LogP contribution in [0.2, 0.25) is 0 Å². The topological polar surface area (TPSA) is 73.4 Å². The zero-order chi connectivity index (χ0) is 22.8. The summed E-state index contributed by atoms with van der Waals surface area (Å²) in [5.41, 5.74) is 3.65. The highest BCUT2D eigenvalue weighted by Crippen LogP contribution is 2.27. The van der Waals surface area contributed by atoms with Crippen molar-refractivity contribution in [3.8, 4) is 23.0 Å². The van der Waals surface area contributed by atoms with Crippen molar-refractivity contribution in [2.24, 2.45) is 0 Å². The zero-order valence-electron chi connectivity index (χ0n) is 18.3. The molecule has 4 aromatic heterocycles. The first-order chi connectivity index (χ1) is 16.1. The summed E-state index contributed by atoms with van der Waals surface area (Å²) < 4.78 is 9.50. The lowest BCUT2D eigenvalue weighted by Crippen LogP contribution is -2.11. The van der Waals surface area contributed by atoms with Crippen LogP contribution in [0.25, 0.3) is 22.7 Å². The number of rotatable bonds is 6. The highest BCUT2D eigenvalue weighted by atomic mass is 16.5. The lowest BCUT2D eigenvalue weighted by molar-refractivity contribution is 0.102. The average molecular weight is 438 g/mol. The summed E-state index contributed by atoms with van der Waals surface area (Å²) in [6.07, 6.45) is 7.40. The van der Waals surface area contributed by atoms with Crippen molar-refractivity contribution < 1.29 is 9.53 Å². The van der Waals surface area contributed by atoms with Gasteiger partial charge in [-0.25, -0.2) is 9.97 Å². The molecule has 1 amide bonds. The van der Waals surface area contributed by atoms with Crippen LogP contribution in [0.3, 0.4) is 0 Å². The Balaban J connectivity index is 1.45. The van der Waals surface area contributed by atoms with Crippen molar-refractivity contribution in [3.63, 3.8) is 0 Å². The zero-order valence-corrected chi connectivity index (χ0v) is 18.3. The van der Waals surface area contributed by atoms with Crippen molar-refractivity contribution in [1.82, 2.24) is 18.9 Å². The van der Waals surface area contributed by atoms with Crippen LogP contribution in [-0.4, -0.2) is 30.9 Å². The molecule has 7 nitrogen and oxygen atoms in total. The number of hydrogen-bond donors (Lipinski definition) is 1. The second kappa shape index (κ2) is 8.63. The number of ether oxygens (including phenoxy) is 1. The van der Waals surface area contributed by atoms with Gasteiger partial charge in [0.05, 0.1) is 22.9 Å². The summed E-state index contributed by atoms with van der Waals surface area (Å²) in [7, 11) is 0. The Hall–Kier alpha value is -4.39. The predicted octanol–water partition coefficient (Wildman–Crippen LogP) is 5.23. The molecule has 164 valence electrons. The fourth-order valence-corrected chi connectivity index (χ4v) is 3.71. The van der Waals surface area contributed by atoms with Gasteiger partial charge in [0.1, 0.15) is 23.6 Å². The number of anilines is 1. The number of nitrogens with zero attached hydrogens (tertiary/aromatic N) is 4. The van der Waals surface area contributed by atoms with Crippen LogP contribution in [-0.2, 0) is 0 Å². The summed E-state index contributed by atoms with van der Waals surface area (Å²) in [6, 6.07) is 20.7. The third kappa shape index (κ3) is 4.21. The maximum atomic E-state index is 13.2. The molecule has 0 saturated carbocycles. The summed E-state index contributed by atoms with van der Waals surface area (Å²) in [4.78, 5) is 22.1. The Morgan fingerprint density at radius 2 is 1.82 bits per heavy atom. The number of amides is 1. The molecule has 0 spiro atoms. The largest absolute Gasteiger partial charge is 0.491 e. The van der Waals surface area contributed by atoms with Crippen molar-refractivity contribution in [1.29, 1.82) is 0 Å². The van der Waals surface area contributed by atoms with E-state index in [0.29, 0.717) is 11.3 Å². The van der Waals surface area contributed by atoms with Gasteiger partial charge >= 0.3 is 0 Å². The second-order valence-electron chi connectivity index (χ2n) is 7.90. The predicted molar refractivity (Wildman–Crippen MR) is 128 cm³/mol. The minimum absolute atomic E-state index is 0.0951. The molecule has 1 N–H and O–H groups in total. The van der Waals surface area contributed by atoms with E-state index in [9.17, 15) is 4.79 Å². The van der Waals surface area contributed by atoms with E-state index in [1.807, 2.05) is 102 Å². The molecule has 0 aliphatic carbocycles. The molecule has 5 aromatic rings. The maximum absolute atomic E-state index is 13.2. The standard InChI is InChI=1S/C26H23N5O2/c1-18(2)33-20-11-9-19(10-12-20)29-26(32)21-15-24(31-14-6-4-7-23(21)31)22-16-30(17-28-22)25-8-3-5-13-27-25/h3-18H,1-2H3,(H,29,32). The van der Waals surface area contributed by atoms with Crippen LogP contribution in [0.5, 0.6) is 5.75 Å². The Kier molecular flexibility index (Phi) is 5.36. The van der Waals surface area contributed by atoms with Gasteiger partial charge in [0.15, 0.2) is 0 Å². The monoisotopic (exact) mass is 437 g/mol. The van der Waals surface area contributed by atoms with Gasteiger partial charge in [-0.05, 0) is 68.4 Å². The van der Waals surface area contributed by atoms with E-state index in [1.54, 1.807) is 12.5 Å². The molecule has 0 radical (unpaired) electrons. The SMILES string of the molecule is CC(C)Oc1ccc(NC(=O)c2cc(-c3cn(-c4ccccn4)cn3)n3ccccc23)cc1. The van der Waals surface area contributed by atoms with Gasteiger partial charge in [0, 0.05) is 24.3 Å². The Morgan fingerprint density at radius 3 is 2.58 bits per heavy atom. The molecule has 5 rings (SSSR count). The number of fused-ring (bicyclic) bond motifs is 1. The summed E-state index contributed by atoms with van der Waals surface area (Å²) >= 11 is 0. The lowest BCUT2D eigenvalue weighted by atomic mass is 10.2. The molecular weight excluding hydrogens is 414 g/mol. The van der Waals surface area contributed by atoms with Crippen LogP contribution in [0.15, 0.2) is 91.6 Å². The molecule has 0 unspecified atom stereocenters. The summed E-state index contributed by atoms with van der Waals surface area (Å²) in [6.45, 7) is 3.95. The fraction of sp³-hybridized carbons (Fsp3) is 0.115. The first-order valence-corrected chi connectivity index (χ1v) is 10.7. The summed E-state index contributed by atoms with van der Waals surface area (Å²) in [5.74, 6) is 1.36. The highest BCUT2D eigenvalue weighted by Gasteiger charge is 2.18. The van der Waals surface area contributed by atoms with Gasteiger partial charge in [0.2, 0.25) is 0 Å².